The van der Waals surface area contributed by atoms with Gasteiger partial charge in [-0.15, -0.1) is 0 Å². The highest BCUT2D eigenvalue weighted by atomic mass is 28.4. The predicted molar refractivity (Wildman–Crippen MR) is 71.1 cm³/mol. The van der Waals surface area contributed by atoms with Gasteiger partial charge in [-0.3, -0.25) is 0 Å². The van der Waals surface area contributed by atoms with Crippen molar-refractivity contribution in [1.29, 1.82) is 0 Å². The Morgan fingerprint density at radius 3 is 2.12 bits per heavy atom. The number of isocyanates is 1. The van der Waals surface area contributed by atoms with Crippen LogP contribution in [-0.2, 0) is 13.6 Å². The lowest BCUT2D eigenvalue weighted by Crippen LogP contribution is -2.42. The van der Waals surface area contributed by atoms with Crippen molar-refractivity contribution in [1.82, 2.24) is 0 Å². The smallest absolute Gasteiger partial charge is 0.337 e. The summed E-state index contributed by atoms with van der Waals surface area (Å²) in [6.45, 7) is 8.39. The second-order valence-electron chi connectivity index (χ2n) is 4.04. The number of rotatable bonds is 11. The van der Waals surface area contributed by atoms with Gasteiger partial charge in [0.15, 0.2) is 0 Å². The molecule has 100 valence electrons. The zero-order valence-corrected chi connectivity index (χ0v) is 12.3. The van der Waals surface area contributed by atoms with Crippen molar-refractivity contribution in [3.05, 3.63) is 0 Å². The van der Waals surface area contributed by atoms with E-state index in [0.29, 0.717) is 6.54 Å². The quantitative estimate of drug-likeness (QED) is 0.248. The van der Waals surface area contributed by atoms with E-state index in [0.717, 1.165) is 44.6 Å². The van der Waals surface area contributed by atoms with Crippen molar-refractivity contribution in [3.63, 3.8) is 0 Å². The maximum atomic E-state index is 10.0. The lowest BCUT2D eigenvalue weighted by Gasteiger charge is -2.29. The molecule has 0 fully saturated rings. The molecule has 0 aliphatic carbocycles. The van der Waals surface area contributed by atoms with Gasteiger partial charge in [-0.1, -0.05) is 20.8 Å². The third-order valence-corrected chi connectivity index (χ3v) is 6.22. The van der Waals surface area contributed by atoms with Crippen LogP contribution < -0.4 is 0 Å². The molecule has 0 aromatic carbocycles. The number of hydrogen-bond donors (Lipinski definition) is 0. The Balaban J connectivity index is 4.26. The van der Waals surface area contributed by atoms with Crippen molar-refractivity contribution < 1.29 is 13.6 Å². The van der Waals surface area contributed by atoms with Crippen molar-refractivity contribution in [2.24, 2.45) is 4.99 Å². The largest absolute Gasteiger partial charge is 0.394 e. The average molecular weight is 259 g/mol. The number of hydrogen-bond acceptors (Lipinski definition) is 4. The molecule has 0 atom stereocenters. The Labute approximate surface area is 106 Å². The van der Waals surface area contributed by atoms with Gasteiger partial charge in [0.25, 0.3) is 0 Å². The molecule has 0 amide bonds. The summed E-state index contributed by atoms with van der Waals surface area (Å²) in [6.07, 6.45) is 4.44. The average Bonchev–Trinajstić information content (AvgIpc) is 2.37. The van der Waals surface area contributed by atoms with Gasteiger partial charge in [-0.2, -0.15) is 0 Å². The minimum Gasteiger partial charge on any atom is -0.394 e. The van der Waals surface area contributed by atoms with Crippen molar-refractivity contribution >= 4 is 14.6 Å². The maximum absolute atomic E-state index is 10.0. The molecule has 0 N–H and O–H groups in total. The molecule has 5 heteroatoms. The van der Waals surface area contributed by atoms with Crippen LogP contribution in [0, 0.1) is 0 Å². The number of aliphatic imine (C=N–C) groups is 1. The third-order valence-electron chi connectivity index (χ3n) is 2.57. The first-order valence-electron chi connectivity index (χ1n) is 6.56. The van der Waals surface area contributed by atoms with E-state index in [9.17, 15) is 4.79 Å². The molecule has 0 saturated carbocycles. The molecule has 0 bridgehead atoms. The predicted octanol–water partition coefficient (Wildman–Crippen LogP) is 3.03. The third kappa shape index (κ3) is 7.44. The summed E-state index contributed by atoms with van der Waals surface area (Å²) < 4.78 is 12.0. The van der Waals surface area contributed by atoms with Gasteiger partial charge in [-0.25, -0.2) is 9.79 Å². The molecule has 0 aromatic heterocycles. The van der Waals surface area contributed by atoms with Gasteiger partial charge in [0, 0.05) is 13.2 Å². The molecule has 0 radical (unpaired) electrons. The summed E-state index contributed by atoms with van der Waals surface area (Å²) >= 11 is 0. The molecule has 0 aliphatic heterocycles. The van der Waals surface area contributed by atoms with Crippen LogP contribution in [-0.4, -0.2) is 34.4 Å². The fourth-order valence-corrected chi connectivity index (χ4v) is 4.60. The van der Waals surface area contributed by atoms with Crippen LogP contribution >= 0.6 is 0 Å². The topological polar surface area (TPSA) is 47.9 Å². The Morgan fingerprint density at radius 2 is 1.71 bits per heavy atom. The molecule has 17 heavy (non-hydrogen) atoms. The van der Waals surface area contributed by atoms with E-state index >= 15 is 0 Å². The van der Waals surface area contributed by atoms with E-state index in [1.165, 1.54) is 0 Å². The molecular weight excluding hydrogens is 234 g/mol. The van der Waals surface area contributed by atoms with E-state index in [1.54, 1.807) is 6.08 Å². The standard InChI is InChI=1S/C12H25NO3Si/c1-4-9-15-17(6-3,16-10-5-2)11-7-8-13-12-14/h4-11H2,1-3H3. The van der Waals surface area contributed by atoms with Crippen LogP contribution in [0.5, 0.6) is 0 Å². The van der Waals surface area contributed by atoms with E-state index in [4.69, 9.17) is 8.85 Å². The monoisotopic (exact) mass is 259 g/mol. The zero-order valence-electron chi connectivity index (χ0n) is 11.3. The molecule has 0 unspecified atom stereocenters. The van der Waals surface area contributed by atoms with E-state index in [1.807, 2.05) is 0 Å². The Hall–Kier alpha value is -0.483. The number of carbonyl (C=O) groups excluding carboxylic acids is 1. The van der Waals surface area contributed by atoms with E-state index in [2.05, 4.69) is 25.8 Å². The van der Waals surface area contributed by atoms with Crippen LogP contribution in [0.25, 0.3) is 0 Å². The van der Waals surface area contributed by atoms with Gasteiger partial charge in [0.2, 0.25) is 6.08 Å². The summed E-state index contributed by atoms with van der Waals surface area (Å²) in [5.41, 5.74) is 0. The minimum atomic E-state index is -2.05. The molecule has 0 saturated heterocycles. The van der Waals surface area contributed by atoms with Crippen LogP contribution in [0.15, 0.2) is 4.99 Å². The summed E-state index contributed by atoms with van der Waals surface area (Å²) in [7, 11) is -2.05. The Kier molecular flexibility index (Phi) is 10.4. The van der Waals surface area contributed by atoms with Crippen molar-refractivity contribution in [3.8, 4) is 0 Å². The molecule has 0 aliphatic rings. The molecule has 0 aromatic rings. The van der Waals surface area contributed by atoms with Crippen LogP contribution in [0.2, 0.25) is 12.1 Å². The van der Waals surface area contributed by atoms with Gasteiger partial charge in [0.05, 0.1) is 6.54 Å². The van der Waals surface area contributed by atoms with Crippen molar-refractivity contribution in [2.45, 2.75) is 52.1 Å². The minimum absolute atomic E-state index is 0.531. The zero-order chi connectivity index (χ0) is 13.0. The van der Waals surface area contributed by atoms with E-state index < -0.39 is 8.56 Å². The van der Waals surface area contributed by atoms with Gasteiger partial charge in [0.1, 0.15) is 0 Å². The SMILES string of the molecule is CCCO[Si](CC)(CCCN=C=O)OCCC. The first-order chi connectivity index (χ1) is 8.24. The normalized spacial score (nSPS) is 11.2. The second-order valence-corrected chi connectivity index (χ2v) is 7.64. The highest BCUT2D eigenvalue weighted by molar-refractivity contribution is 6.67. The first-order valence-corrected chi connectivity index (χ1v) is 8.79. The lowest BCUT2D eigenvalue weighted by molar-refractivity contribution is 0.167. The van der Waals surface area contributed by atoms with Gasteiger partial charge >= 0.3 is 8.56 Å². The highest BCUT2D eigenvalue weighted by Gasteiger charge is 2.34. The highest BCUT2D eigenvalue weighted by Crippen LogP contribution is 2.21. The Morgan fingerprint density at radius 1 is 1.12 bits per heavy atom. The van der Waals surface area contributed by atoms with Crippen molar-refractivity contribution in [2.75, 3.05) is 19.8 Å². The van der Waals surface area contributed by atoms with Crippen LogP contribution in [0.1, 0.15) is 40.0 Å². The summed E-state index contributed by atoms with van der Waals surface area (Å²) in [5, 5.41) is 0. The molecule has 4 nitrogen and oxygen atoms in total. The van der Waals surface area contributed by atoms with Gasteiger partial charge in [-0.05, 0) is 31.4 Å². The molecule has 0 heterocycles. The lowest BCUT2D eigenvalue weighted by atomic mass is 10.5. The van der Waals surface area contributed by atoms with Crippen LogP contribution in [0.4, 0.5) is 0 Å². The second kappa shape index (κ2) is 10.7. The number of nitrogens with zero attached hydrogens (tertiary/aromatic N) is 1. The van der Waals surface area contributed by atoms with Crippen LogP contribution in [0.3, 0.4) is 0 Å². The molecule has 0 spiro atoms. The molecule has 0 rings (SSSR count). The maximum Gasteiger partial charge on any atom is 0.337 e. The fourth-order valence-electron chi connectivity index (χ4n) is 1.62. The summed E-state index contributed by atoms with van der Waals surface area (Å²) in [5.74, 6) is 0. The summed E-state index contributed by atoms with van der Waals surface area (Å²) in [6, 6.07) is 1.87. The van der Waals surface area contributed by atoms with Gasteiger partial charge < -0.3 is 8.85 Å². The molecular formula is C12H25NO3Si. The fraction of sp³-hybridized carbons (Fsp3) is 0.917. The first kappa shape index (κ1) is 16.5. The summed E-state index contributed by atoms with van der Waals surface area (Å²) in [4.78, 5) is 13.6. The Bertz CT molecular complexity index is 222. The van der Waals surface area contributed by atoms with E-state index in [-0.39, 0.29) is 0 Å².